The molecule has 229 valence electrons. The molecule has 0 amide bonds. The number of rotatable bonds is 5. The molecule has 2 unspecified atom stereocenters. The molecule has 7 heteroatoms. The van der Waals surface area contributed by atoms with Crippen LogP contribution >= 0.6 is 0 Å². The van der Waals surface area contributed by atoms with E-state index in [-0.39, 0.29) is 32.3 Å². The first-order valence-corrected chi connectivity index (χ1v) is 14.8. The predicted octanol–water partition coefficient (Wildman–Crippen LogP) is 7.01. The van der Waals surface area contributed by atoms with Gasteiger partial charge in [-0.15, -0.1) is 0 Å². The number of fused-ring (bicyclic) bond motifs is 3. The molecule has 0 saturated heterocycles. The molecule has 1 aliphatic heterocycles. The average molecular weight is 774 g/mol. The molecule has 6 nitrogen and oxygen atoms in total. The van der Waals surface area contributed by atoms with Gasteiger partial charge in [-0.25, -0.2) is 14.5 Å². The van der Waals surface area contributed by atoms with Gasteiger partial charge < -0.3 is 10.2 Å². The number of aromatic nitrogens is 4. The average Bonchev–Trinajstić information content (AvgIpc) is 3.44. The number of hydrogen-bond donors (Lipinski definition) is 2. The van der Waals surface area contributed by atoms with Crippen molar-refractivity contribution in [1.82, 2.24) is 15.0 Å². The molecule has 0 spiro atoms. The van der Waals surface area contributed by atoms with Crippen LogP contribution in [0.2, 0.25) is 0 Å². The Kier molecular flexibility index (Phi) is 12.4. The minimum absolute atomic E-state index is 0. The van der Waals surface area contributed by atoms with Crippen LogP contribution < -0.4 is 4.57 Å². The van der Waals surface area contributed by atoms with Crippen LogP contribution in [-0.2, 0) is 26.7 Å². The van der Waals surface area contributed by atoms with Crippen molar-refractivity contribution >= 4 is 0 Å². The fourth-order valence-electron chi connectivity index (χ4n) is 5.05. The molecule has 1 radical (unpaired) electrons. The molecule has 0 saturated carbocycles. The van der Waals surface area contributed by atoms with Gasteiger partial charge in [0.2, 0.25) is 0 Å². The number of aliphatic hydroxyl groups excluding tert-OH is 2. The van der Waals surface area contributed by atoms with Crippen LogP contribution in [0, 0.1) is 0 Å². The van der Waals surface area contributed by atoms with Gasteiger partial charge in [-0.2, -0.15) is 0 Å². The molecule has 2 N–H and O–H groups in total. The SMILES string of the molecule is CC(O)CC(C)O.[Ir].c1ccc(-c2cc(-c3ccccc3)ncn2)cc1.c1ccc(-c2cc3[n+](cn2)Cc2ccccc2-3)cc1. The van der Waals surface area contributed by atoms with Crippen molar-refractivity contribution in [1.29, 1.82) is 0 Å². The third-order valence-electron chi connectivity index (χ3n) is 7.11. The van der Waals surface area contributed by atoms with Crippen molar-refractivity contribution in [2.24, 2.45) is 0 Å². The number of benzene rings is 4. The molecule has 7 rings (SSSR count). The van der Waals surface area contributed by atoms with E-state index in [1.165, 1.54) is 16.8 Å². The van der Waals surface area contributed by atoms with Crippen LogP contribution in [-0.4, -0.2) is 37.4 Å². The summed E-state index contributed by atoms with van der Waals surface area (Å²) in [6.45, 7) is 4.24. The summed E-state index contributed by atoms with van der Waals surface area (Å²) < 4.78 is 2.21. The molecule has 0 bridgehead atoms. The smallest absolute Gasteiger partial charge is 0.287 e. The Balaban J connectivity index is 0.000000167. The van der Waals surface area contributed by atoms with Crippen LogP contribution in [0.25, 0.3) is 45.0 Å². The summed E-state index contributed by atoms with van der Waals surface area (Å²) in [5, 5.41) is 17.1. The topological polar surface area (TPSA) is 83.0 Å². The van der Waals surface area contributed by atoms with Crippen molar-refractivity contribution in [2.75, 3.05) is 0 Å². The van der Waals surface area contributed by atoms with Crippen LogP contribution in [0.3, 0.4) is 0 Å². The second kappa shape index (κ2) is 16.6. The van der Waals surface area contributed by atoms with Gasteiger partial charge in [0.15, 0.2) is 5.69 Å². The van der Waals surface area contributed by atoms with Gasteiger partial charge in [0.05, 0.1) is 23.6 Å². The molecule has 4 aromatic carbocycles. The van der Waals surface area contributed by atoms with E-state index in [1.54, 1.807) is 20.2 Å². The van der Waals surface area contributed by atoms with Gasteiger partial charge in [0, 0.05) is 54.0 Å². The summed E-state index contributed by atoms with van der Waals surface area (Å²) in [6, 6.07) is 43.3. The molecular weight excluding hydrogens is 737 g/mol. The molecule has 3 heterocycles. The van der Waals surface area contributed by atoms with Crippen LogP contribution in [0.4, 0.5) is 0 Å². The number of hydrogen-bond acceptors (Lipinski definition) is 5. The van der Waals surface area contributed by atoms with E-state index < -0.39 is 0 Å². The van der Waals surface area contributed by atoms with Gasteiger partial charge in [-0.1, -0.05) is 115 Å². The molecule has 6 aromatic rings. The molecule has 45 heavy (non-hydrogen) atoms. The Morgan fingerprint density at radius 3 is 1.51 bits per heavy atom. The molecule has 2 atom stereocenters. The van der Waals surface area contributed by atoms with Crippen molar-refractivity contribution in [2.45, 2.75) is 39.0 Å². The predicted molar refractivity (Wildman–Crippen MR) is 175 cm³/mol. The molecule has 1 aliphatic rings. The van der Waals surface area contributed by atoms with E-state index in [4.69, 9.17) is 10.2 Å². The normalized spacial score (nSPS) is 12.1. The zero-order valence-corrected chi connectivity index (χ0v) is 27.8. The van der Waals surface area contributed by atoms with Gasteiger partial charge in [-0.05, 0) is 31.3 Å². The largest absolute Gasteiger partial charge is 0.393 e. The summed E-state index contributed by atoms with van der Waals surface area (Å²) in [5.74, 6) is 0. The van der Waals surface area contributed by atoms with E-state index in [9.17, 15) is 0 Å². The molecule has 0 fully saturated rings. The maximum atomic E-state index is 8.56. The molecular formula is C38H37IrN4O2+. The third kappa shape index (κ3) is 9.30. The van der Waals surface area contributed by atoms with Gasteiger partial charge in [0.1, 0.15) is 18.6 Å². The fourth-order valence-corrected chi connectivity index (χ4v) is 5.05. The first-order valence-electron chi connectivity index (χ1n) is 14.8. The Morgan fingerprint density at radius 2 is 1.04 bits per heavy atom. The summed E-state index contributed by atoms with van der Waals surface area (Å²) in [7, 11) is 0. The zero-order chi connectivity index (χ0) is 30.7. The van der Waals surface area contributed by atoms with E-state index in [1.807, 2.05) is 67.0 Å². The van der Waals surface area contributed by atoms with Gasteiger partial charge in [0.25, 0.3) is 6.33 Å². The van der Waals surface area contributed by atoms with Gasteiger partial charge in [-0.3, -0.25) is 0 Å². The van der Waals surface area contributed by atoms with E-state index in [0.717, 1.165) is 40.3 Å². The van der Waals surface area contributed by atoms with Crippen molar-refractivity contribution in [3.05, 3.63) is 146 Å². The fraction of sp³-hybridized carbons (Fsp3) is 0.158. The van der Waals surface area contributed by atoms with Crippen LogP contribution in [0.15, 0.2) is 140 Å². The minimum atomic E-state index is -0.375. The molecule has 0 aliphatic carbocycles. The number of nitrogens with zero attached hydrogens (tertiary/aromatic N) is 4. The Morgan fingerprint density at radius 1 is 0.600 bits per heavy atom. The zero-order valence-electron chi connectivity index (χ0n) is 25.4. The minimum Gasteiger partial charge on any atom is -0.393 e. The van der Waals surface area contributed by atoms with E-state index >= 15 is 0 Å². The Hall–Kier alpha value is -4.39. The van der Waals surface area contributed by atoms with Crippen LogP contribution in [0.5, 0.6) is 0 Å². The summed E-state index contributed by atoms with van der Waals surface area (Å²) >= 11 is 0. The maximum absolute atomic E-state index is 8.56. The van der Waals surface area contributed by atoms with Crippen molar-refractivity contribution in [3.63, 3.8) is 0 Å². The standard InChI is InChI=1S/C17H13N2.C16H12N2.C5H12O2.Ir/c1-2-6-13(7-3-1)16-10-17-15-9-5-4-8-14(15)11-19(17)12-18-16;1-3-7-13(8-4-1)15-11-16(18-12-17-15)14-9-5-2-6-10-14;1-4(6)3-5(2)7;/h1-10,12H,11H2;1-12H;4-7H,3H2,1-2H3;/q+1;;;. The maximum Gasteiger partial charge on any atom is 0.287 e. The Bertz CT molecular complexity index is 1710. The van der Waals surface area contributed by atoms with E-state index in [2.05, 4.69) is 86.2 Å². The van der Waals surface area contributed by atoms with E-state index in [0.29, 0.717) is 6.42 Å². The summed E-state index contributed by atoms with van der Waals surface area (Å²) in [5.41, 5.74) is 10.3. The van der Waals surface area contributed by atoms with Crippen molar-refractivity contribution in [3.8, 4) is 45.0 Å². The molecule has 2 aromatic heterocycles. The van der Waals surface area contributed by atoms with Crippen LogP contribution in [0.1, 0.15) is 25.8 Å². The first kappa shape index (κ1) is 33.5. The van der Waals surface area contributed by atoms with Crippen molar-refractivity contribution < 1.29 is 34.9 Å². The van der Waals surface area contributed by atoms with Gasteiger partial charge >= 0.3 is 0 Å². The first-order chi connectivity index (χ1) is 21.5. The summed E-state index contributed by atoms with van der Waals surface area (Å²) in [6.07, 6.45) is 3.28. The number of aliphatic hydroxyl groups is 2. The Labute approximate surface area is 278 Å². The monoisotopic (exact) mass is 774 g/mol. The third-order valence-corrected chi connectivity index (χ3v) is 7.11. The quantitative estimate of drug-likeness (QED) is 0.184. The second-order valence-electron chi connectivity index (χ2n) is 10.8. The second-order valence-corrected chi connectivity index (χ2v) is 10.8. The summed E-state index contributed by atoms with van der Waals surface area (Å²) in [4.78, 5) is 13.2.